The van der Waals surface area contributed by atoms with Gasteiger partial charge in [-0.3, -0.25) is 4.90 Å². The maximum atomic E-state index is 5.20. The molecular weight excluding hydrogens is 212 g/mol. The van der Waals surface area contributed by atoms with Crippen LogP contribution in [0.2, 0.25) is 0 Å². The summed E-state index contributed by atoms with van der Waals surface area (Å²) < 4.78 is 5.20. The van der Waals surface area contributed by atoms with Crippen LogP contribution in [0.25, 0.3) is 0 Å². The summed E-state index contributed by atoms with van der Waals surface area (Å²) in [5, 5.41) is 3.79. The van der Waals surface area contributed by atoms with Crippen LogP contribution in [0, 0.1) is 5.92 Å². The first kappa shape index (κ1) is 13.3. The normalized spacial score (nSPS) is 33.4. The van der Waals surface area contributed by atoms with Gasteiger partial charge in [0.25, 0.3) is 0 Å². The third kappa shape index (κ3) is 3.43. The monoisotopic (exact) mass is 240 g/mol. The van der Waals surface area contributed by atoms with E-state index < -0.39 is 0 Å². The SMILES string of the molecule is COCCC(C)N1CCCNC(C)(C2CC2)C1. The summed E-state index contributed by atoms with van der Waals surface area (Å²) in [7, 11) is 1.80. The van der Waals surface area contributed by atoms with E-state index >= 15 is 0 Å². The van der Waals surface area contributed by atoms with E-state index in [1.165, 1.54) is 38.9 Å². The summed E-state index contributed by atoms with van der Waals surface area (Å²) in [5.41, 5.74) is 0.359. The Balaban J connectivity index is 1.91. The molecule has 0 aromatic rings. The summed E-state index contributed by atoms with van der Waals surface area (Å²) in [6.45, 7) is 9.28. The Morgan fingerprint density at radius 3 is 2.88 bits per heavy atom. The lowest BCUT2D eigenvalue weighted by Gasteiger charge is -2.36. The average Bonchev–Trinajstić information content (AvgIpc) is 3.12. The molecule has 2 atom stereocenters. The average molecular weight is 240 g/mol. The lowest BCUT2D eigenvalue weighted by atomic mass is 9.94. The van der Waals surface area contributed by atoms with Gasteiger partial charge in [-0.2, -0.15) is 0 Å². The first-order valence-electron chi connectivity index (χ1n) is 7.14. The van der Waals surface area contributed by atoms with E-state index in [1.807, 2.05) is 0 Å². The van der Waals surface area contributed by atoms with Crippen molar-refractivity contribution >= 4 is 0 Å². The fraction of sp³-hybridized carbons (Fsp3) is 1.00. The molecule has 0 aromatic carbocycles. The molecule has 2 fully saturated rings. The van der Waals surface area contributed by atoms with Crippen molar-refractivity contribution in [1.29, 1.82) is 0 Å². The zero-order valence-corrected chi connectivity index (χ0v) is 11.7. The lowest BCUT2D eigenvalue weighted by Crippen LogP contribution is -2.52. The highest BCUT2D eigenvalue weighted by Crippen LogP contribution is 2.40. The molecule has 2 rings (SSSR count). The molecule has 1 saturated carbocycles. The van der Waals surface area contributed by atoms with Gasteiger partial charge in [0.2, 0.25) is 0 Å². The molecule has 0 radical (unpaired) electrons. The largest absolute Gasteiger partial charge is 0.385 e. The van der Waals surface area contributed by atoms with Gasteiger partial charge in [0.1, 0.15) is 0 Å². The molecule has 100 valence electrons. The maximum Gasteiger partial charge on any atom is 0.0477 e. The van der Waals surface area contributed by atoms with E-state index in [2.05, 4.69) is 24.1 Å². The van der Waals surface area contributed by atoms with Gasteiger partial charge in [0, 0.05) is 31.8 Å². The first-order chi connectivity index (χ1) is 8.15. The molecule has 1 aliphatic heterocycles. The zero-order chi connectivity index (χ0) is 12.3. The van der Waals surface area contributed by atoms with Gasteiger partial charge in [-0.15, -0.1) is 0 Å². The summed E-state index contributed by atoms with van der Waals surface area (Å²) in [4.78, 5) is 2.66. The standard InChI is InChI=1S/C14H28N2O/c1-12(7-10-17-3)16-9-4-8-15-14(2,11-16)13-5-6-13/h12-13,15H,4-11H2,1-3H3. The molecule has 0 spiro atoms. The van der Waals surface area contributed by atoms with Crippen molar-refractivity contribution in [2.24, 2.45) is 5.92 Å². The van der Waals surface area contributed by atoms with Crippen molar-refractivity contribution in [2.75, 3.05) is 33.4 Å². The molecule has 0 aromatic heterocycles. The Morgan fingerprint density at radius 2 is 2.24 bits per heavy atom. The molecule has 0 amide bonds. The topological polar surface area (TPSA) is 24.5 Å². The summed E-state index contributed by atoms with van der Waals surface area (Å²) in [6.07, 6.45) is 5.27. The minimum atomic E-state index is 0.359. The van der Waals surface area contributed by atoms with Crippen molar-refractivity contribution in [3.63, 3.8) is 0 Å². The number of ether oxygens (including phenoxy) is 1. The van der Waals surface area contributed by atoms with Gasteiger partial charge in [-0.25, -0.2) is 0 Å². The molecule has 2 aliphatic rings. The van der Waals surface area contributed by atoms with Crippen LogP contribution in [0.1, 0.15) is 39.5 Å². The van der Waals surface area contributed by atoms with E-state index in [9.17, 15) is 0 Å². The van der Waals surface area contributed by atoms with Crippen molar-refractivity contribution in [1.82, 2.24) is 10.2 Å². The van der Waals surface area contributed by atoms with E-state index in [4.69, 9.17) is 4.74 Å². The molecule has 1 N–H and O–H groups in total. The van der Waals surface area contributed by atoms with Crippen LogP contribution in [-0.2, 0) is 4.74 Å². The van der Waals surface area contributed by atoms with Gasteiger partial charge in [-0.05, 0) is 58.5 Å². The number of hydrogen-bond donors (Lipinski definition) is 1. The lowest BCUT2D eigenvalue weighted by molar-refractivity contribution is 0.118. The van der Waals surface area contributed by atoms with Crippen LogP contribution in [0.15, 0.2) is 0 Å². The third-order valence-electron chi connectivity index (χ3n) is 4.52. The van der Waals surface area contributed by atoms with Crippen molar-refractivity contribution in [3.8, 4) is 0 Å². The molecule has 1 aliphatic carbocycles. The van der Waals surface area contributed by atoms with Gasteiger partial charge >= 0.3 is 0 Å². The second kappa shape index (κ2) is 5.68. The number of hydrogen-bond acceptors (Lipinski definition) is 3. The zero-order valence-electron chi connectivity index (χ0n) is 11.7. The minimum absolute atomic E-state index is 0.359. The summed E-state index contributed by atoms with van der Waals surface area (Å²) in [5.74, 6) is 0.915. The van der Waals surface area contributed by atoms with Crippen LogP contribution in [0.5, 0.6) is 0 Å². The molecule has 3 nitrogen and oxygen atoms in total. The van der Waals surface area contributed by atoms with E-state index in [0.717, 1.165) is 18.9 Å². The van der Waals surface area contributed by atoms with Gasteiger partial charge < -0.3 is 10.1 Å². The number of rotatable bonds is 5. The Hall–Kier alpha value is -0.120. The van der Waals surface area contributed by atoms with Crippen molar-refractivity contribution in [3.05, 3.63) is 0 Å². The quantitative estimate of drug-likeness (QED) is 0.794. The van der Waals surface area contributed by atoms with E-state index in [1.54, 1.807) is 7.11 Å². The highest BCUT2D eigenvalue weighted by molar-refractivity contribution is 5.01. The smallest absolute Gasteiger partial charge is 0.0477 e. The Labute approximate surface area is 106 Å². The molecular formula is C14H28N2O. The van der Waals surface area contributed by atoms with Crippen LogP contribution < -0.4 is 5.32 Å². The Kier molecular flexibility index (Phi) is 4.45. The predicted molar refractivity (Wildman–Crippen MR) is 71.3 cm³/mol. The Morgan fingerprint density at radius 1 is 1.47 bits per heavy atom. The van der Waals surface area contributed by atoms with E-state index in [-0.39, 0.29) is 0 Å². The summed E-state index contributed by atoms with van der Waals surface area (Å²) >= 11 is 0. The molecule has 1 heterocycles. The van der Waals surface area contributed by atoms with Gasteiger partial charge in [0.05, 0.1) is 0 Å². The highest BCUT2D eigenvalue weighted by Gasteiger charge is 2.43. The fourth-order valence-corrected chi connectivity index (χ4v) is 3.05. The number of nitrogens with one attached hydrogen (secondary N) is 1. The van der Waals surface area contributed by atoms with E-state index in [0.29, 0.717) is 11.6 Å². The number of methoxy groups -OCH3 is 1. The second-order valence-electron chi connectivity index (χ2n) is 6.07. The fourth-order valence-electron chi connectivity index (χ4n) is 3.05. The summed E-state index contributed by atoms with van der Waals surface area (Å²) in [6, 6.07) is 0.646. The van der Waals surface area contributed by atoms with Crippen molar-refractivity contribution < 1.29 is 4.74 Å². The predicted octanol–water partition coefficient (Wildman–Crippen LogP) is 1.88. The Bertz CT molecular complexity index is 242. The number of nitrogens with zero attached hydrogens (tertiary/aromatic N) is 1. The van der Waals surface area contributed by atoms with Crippen LogP contribution >= 0.6 is 0 Å². The maximum absolute atomic E-state index is 5.20. The second-order valence-corrected chi connectivity index (χ2v) is 6.07. The molecule has 3 heteroatoms. The van der Waals surface area contributed by atoms with Crippen LogP contribution in [-0.4, -0.2) is 49.8 Å². The molecule has 1 saturated heterocycles. The molecule has 17 heavy (non-hydrogen) atoms. The van der Waals surface area contributed by atoms with Crippen LogP contribution in [0.3, 0.4) is 0 Å². The molecule has 2 unspecified atom stereocenters. The minimum Gasteiger partial charge on any atom is -0.385 e. The molecule has 0 bridgehead atoms. The van der Waals surface area contributed by atoms with Crippen LogP contribution in [0.4, 0.5) is 0 Å². The third-order valence-corrected chi connectivity index (χ3v) is 4.52. The van der Waals surface area contributed by atoms with Gasteiger partial charge in [0.15, 0.2) is 0 Å². The first-order valence-corrected chi connectivity index (χ1v) is 7.14. The van der Waals surface area contributed by atoms with Gasteiger partial charge in [-0.1, -0.05) is 0 Å². The highest BCUT2D eigenvalue weighted by atomic mass is 16.5. The van der Waals surface area contributed by atoms with Crippen molar-refractivity contribution in [2.45, 2.75) is 51.1 Å².